The van der Waals surface area contributed by atoms with Crippen molar-refractivity contribution in [3.8, 4) is 11.5 Å². The zero-order chi connectivity index (χ0) is 12.5. The number of hydrogen-bond donors (Lipinski definition) is 2. The topological polar surface area (TPSA) is 49.7 Å². The highest BCUT2D eigenvalue weighted by Crippen LogP contribution is 2.30. The van der Waals surface area contributed by atoms with Gasteiger partial charge in [-0.05, 0) is 37.3 Å². The SMILES string of the molecule is COc1cccc(CCC/C=C\CCO)c1O. The van der Waals surface area contributed by atoms with Crippen molar-refractivity contribution in [3.05, 3.63) is 35.9 Å². The molecule has 0 spiro atoms. The Morgan fingerprint density at radius 2 is 2.00 bits per heavy atom. The predicted octanol–water partition coefficient (Wildman–Crippen LogP) is 2.66. The van der Waals surface area contributed by atoms with Gasteiger partial charge < -0.3 is 14.9 Å². The molecule has 3 nitrogen and oxygen atoms in total. The number of aryl methyl sites for hydroxylation is 1. The maximum atomic E-state index is 9.85. The summed E-state index contributed by atoms with van der Waals surface area (Å²) >= 11 is 0. The normalized spacial score (nSPS) is 10.9. The van der Waals surface area contributed by atoms with E-state index in [9.17, 15) is 5.11 Å². The Labute approximate surface area is 102 Å². The summed E-state index contributed by atoms with van der Waals surface area (Å²) in [6, 6.07) is 5.55. The first kappa shape index (κ1) is 13.6. The largest absolute Gasteiger partial charge is 0.504 e. The standard InChI is InChI=1S/C14H20O3/c1-17-13-10-7-9-12(14(13)16)8-5-3-2-4-6-11-15/h2,4,7,9-10,15-16H,3,5-6,8,11H2,1H3/b4-2-. The maximum Gasteiger partial charge on any atom is 0.160 e. The number of allylic oxidation sites excluding steroid dienone is 1. The van der Waals surface area contributed by atoms with Crippen LogP contribution in [-0.4, -0.2) is 23.9 Å². The molecule has 0 aliphatic rings. The Morgan fingerprint density at radius 1 is 1.24 bits per heavy atom. The summed E-state index contributed by atoms with van der Waals surface area (Å²) in [5.74, 6) is 0.771. The summed E-state index contributed by atoms with van der Waals surface area (Å²) < 4.78 is 5.05. The van der Waals surface area contributed by atoms with Gasteiger partial charge in [0.15, 0.2) is 11.5 Å². The van der Waals surface area contributed by atoms with Gasteiger partial charge in [-0.3, -0.25) is 0 Å². The van der Waals surface area contributed by atoms with Crippen LogP contribution in [0.1, 0.15) is 24.8 Å². The molecule has 17 heavy (non-hydrogen) atoms. The van der Waals surface area contributed by atoms with E-state index in [1.807, 2.05) is 18.2 Å². The van der Waals surface area contributed by atoms with Gasteiger partial charge in [-0.2, -0.15) is 0 Å². The highest BCUT2D eigenvalue weighted by atomic mass is 16.5. The highest BCUT2D eigenvalue weighted by molar-refractivity contribution is 5.45. The Balaban J connectivity index is 2.41. The van der Waals surface area contributed by atoms with Crippen molar-refractivity contribution in [2.45, 2.75) is 25.7 Å². The van der Waals surface area contributed by atoms with Crippen LogP contribution in [0.2, 0.25) is 0 Å². The van der Waals surface area contributed by atoms with Crippen LogP contribution in [0.3, 0.4) is 0 Å². The van der Waals surface area contributed by atoms with Crippen LogP contribution < -0.4 is 4.74 Å². The van der Waals surface area contributed by atoms with Gasteiger partial charge in [0.05, 0.1) is 7.11 Å². The van der Waals surface area contributed by atoms with Crippen molar-refractivity contribution < 1.29 is 14.9 Å². The van der Waals surface area contributed by atoms with Gasteiger partial charge in [-0.15, -0.1) is 0 Å². The monoisotopic (exact) mass is 236 g/mol. The van der Waals surface area contributed by atoms with Gasteiger partial charge in [0.25, 0.3) is 0 Å². The van der Waals surface area contributed by atoms with E-state index in [4.69, 9.17) is 9.84 Å². The van der Waals surface area contributed by atoms with Gasteiger partial charge in [0.1, 0.15) is 0 Å². The number of phenols is 1. The van der Waals surface area contributed by atoms with Crippen LogP contribution in [0.15, 0.2) is 30.4 Å². The third-order valence-corrected chi connectivity index (χ3v) is 2.58. The molecular weight excluding hydrogens is 216 g/mol. The molecule has 0 amide bonds. The van der Waals surface area contributed by atoms with Crippen molar-refractivity contribution in [2.24, 2.45) is 0 Å². The second-order valence-corrected chi connectivity index (χ2v) is 3.84. The molecule has 0 aromatic heterocycles. The first-order chi connectivity index (χ1) is 8.29. The van der Waals surface area contributed by atoms with Crippen LogP contribution in [0.5, 0.6) is 11.5 Å². The minimum Gasteiger partial charge on any atom is -0.504 e. The van der Waals surface area contributed by atoms with Crippen molar-refractivity contribution in [2.75, 3.05) is 13.7 Å². The van der Waals surface area contributed by atoms with Gasteiger partial charge in [0.2, 0.25) is 0 Å². The smallest absolute Gasteiger partial charge is 0.160 e. The molecule has 3 heteroatoms. The van der Waals surface area contributed by atoms with Gasteiger partial charge in [-0.1, -0.05) is 24.3 Å². The Hall–Kier alpha value is -1.48. The molecule has 0 saturated heterocycles. The lowest BCUT2D eigenvalue weighted by molar-refractivity contribution is 0.302. The number of benzene rings is 1. The van der Waals surface area contributed by atoms with Crippen LogP contribution in [0.25, 0.3) is 0 Å². The lowest BCUT2D eigenvalue weighted by Gasteiger charge is -2.07. The number of methoxy groups -OCH3 is 1. The van der Waals surface area contributed by atoms with E-state index in [0.29, 0.717) is 12.2 Å². The summed E-state index contributed by atoms with van der Waals surface area (Å²) in [5, 5.41) is 18.5. The average Bonchev–Trinajstić information content (AvgIpc) is 2.35. The molecule has 0 radical (unpaired) electrons. The van der Waals surface area contributed by atoms with Gasteiger partial charge in [-0.25, -0.2) is 0 Å². The number of ether oxygens (including phenoxy) is 1. The predicted molar refractivity (Wildman–Crippen MR) is 68.4 cm³/mol. The molecule has 0 aliphatic carbocycles. The summed E-state index contributed by atoms with van der Waals surface area (Å²) in [4.78, 5) is 0. The number of phenolic OH excluding ortho intramolecular Hbond substituents is 1. The van der Waals surface area contributed by atoms with Crippen LogP contribution in [-0.2, 0) is 6.42 Å². The molecule has 0 aliphatic heterocycles. The first-order valence-corrected chi connectivity index (χ1v) is 5.90. The third-order valence-electron chi connectivity index (χ3n) is 2.58. The molecule has 1 aromatic rings. The molecule has 1 rings (SSSR count). The first-order valence-electron chi connectivity index (χ1n) is 5.90. The van der Waals surface area contributed by atoms with E-state index in [-0.39, 0.29) is 12.4 Å². The summed E-state index contributed by atoms with van der Waals surface area (Å²) in [7, 11) is 1.55. The Morgan fingerprint density at radius 3 is 2.71 bits per heavy atom. The molecule has 0 unspecified atom stereocenters. The number of hydrogen-bond acceptors (Lipinski definition) is 3. The van der Waals surface area contributed by atoms with E-state index in [2.05, 4.69) is 6.08 Å². The zero-order valence-electron chi connectivity index (χ0n) is 10.2. The van der Waals surface area contributed by atoms with E-state index in [0.717, 1.165) is 24.8 Å². The minimum atomic E-state index is 0.202. The van der Waals surface area contributed by atoms with E-state index >= 15 is 0 Å². The van der Waals surface area contributed by atoms with Gasteiger partial charge >= 0.3 is 0 Å². The summed E-state index contributed by atoms with van der Waals surface area (Å²) in [6.07, 6.45) is 7.51. The molecule has 0 fully saturated rings. The van der Waals surface area contributed by atoms with Crippen LogP contribution >= 0.6 is 0 Å². The summed E-state index contributed by atoms with van der Waals surface area (Å²) in [6.45, 7) is 0.202. The lowest BCUT2D eigenvalue weighted by atomic mass is 10.1. The number of unbranched alkanes of at least 4 members (excludes halogenated alkanes) is 1. The number of para-hydroxylation sites is 1. The van der Waals surface area contributed by atoms with Crippen molar-refractivity contribution in [1.29, 1.82) is 0 Å². The van der Waals surface area contributed by atoms with Crippen molar-refractivity contribution in [1.82, 2.24) is 0 Å². The maximum absolute atomic E-state index is 9.85. The fraction of sp³-hybridized carbons (Fsp3) is 0.429. The van der Waals surface area contributed by atoms with Crippen molar-refractivity contribution in [3.63, 3.8) is 0 Å². The molecule has 1 aromatic carbocycles. The molecule has 0 bridgehead atoms. The molecule has 2 N–H and O–H groups in total. The number of aromatic hydroxyl groups is 1. The van der Waals surface area contributed by atoms with Crippen molar-refractivity contribution >= 4 is 0 Å². The van der Waals surface area contributed by atoms with E-state index in [1.165, 1.54) is 0 Å². The fourth-order valence-corrected chi connectivity index (χ4v) is 1.65. The number of rotatable bonds is 7. The molecule has 0 heterocycles. The average molecular weight is 236 g/mol. The summed E-state index contributed by atoms with van der Waals surface area (Å²) in [5.41, 5.74) is 0.917. The quantitative estimate of drug-likeness (QED) is 0.565. The zero-order valence-corrected chi connectivity index (χ0v) is 10.2. The second-order valence-electron chi connectivity index (χ2n) is 3.84. The minimum absolute atomic E-state index is 0.202. The van der Waals surface area contributed by atoms with E-state index < -0.39 is 0 Å². The second kappa shape index (κ2) is 7.74. The highest BCUT2D eigenvalue weighted by Gasteiger charge is 2.05. The van der Waals surface area contributed by atoms with E-state index in [1.54, 1.807) is 13.2 Å². The van der Waals surface area contributed by atoms with Gasteiger partial charge in [0, 0.05) is 6.61 Å². The molecule has 0 saturated carbocycles. The molecule has 94 valence electrons. The lowest BCUT2D eigenvalue weighted by Crippen LogP contribution is -1.90. The number of aliphatic hydroxyl groups excluding tert-OH is 1. The molecular formula is C14H20O3. The Bertz CT molecular complexity index is 358. The van der Waals surface area contributed by atoms with Crippen LogP contribution in [0, 0.1) is 0 Å². The molecule has 0 atom stereocenters. The van der Waals surface area contributed by atoms with Crippen LogP contribution in [0.4, 0.5) is 0 Å². The third kappa shape index (κ3) is 4.49. The Kier molecular flexibility index (Phi) is 6.18. The number of aliphatic hydroxyl groups is 1. The fourth-order valence-electron chi connectivity index (χ4n) is 1.65.